The van der Waals surface area contributed by atoms with Crippen LogP contribution in [0.4, 0.5) is 0 Å². The highest BCUT2D eigenvalue weighted by Crippen LogP contribution is 2.23. The van der Waals surface area contributed by atoms with Gasteiger partial charge in [0.2, 0.25) is 0 Å². The van der Waals surface area contributed by atoms with E-state index in [-0.39, 0.29) is 17.9 Å². The predicted octanol–water partition coefficient (Wildman–Crippen LogP) is 1.02. The van der Waals surface area contributed by atoms with Crippen LogP contribution >= 0.6 is 0 Å². The monoisotopic (exact) mass is 243 g/mol. The Kier molecular flexibility index (Phi) is 2.40. The van der Waals surface area contributed by atoms with Crippen molar-refractivity contribution in [2.24, 2.45) is 5.10 Å². The summed E-state index contributed by atoms with van der Waals surface area (Å²) in [6, 6.07) is 6.97. The number of hydrogen-bond donors (Lipinski definition) is 1. The second-order valence-electron chi connectivity index (χ2n) is 4.64. The molecule has 0 spiro atoms. The molecule has 2 amide bonds. The zero-order valence-electron chi connectivity index (χ0n) is 10.0. The van der Waals surface area contributed by atoms with Gasteiger partial charge in [-0.05, 0) is 19.1 Å². The van der Waals surface area contributed by atoms with E-state index in [1.165, 1.54) is 4.90 Å². The Hall–Kier alpha value is -2.17. The molecule has 1 atom stereocenters. The van der Waals surface area contributed by atoms with Crippen molar-refractivity contribution in [1.82, 2.24) is 10.3 Å². The number of fused-ring (bicyclic) bond motifs is 1. The molecule has 18 heavy (non-hydrogen) atoms. The van der Waals surface area contributed by atoms with Crippen LogP contribution in [-0.4, -0.2) is 35.0 Å². The van der Waals surface area contributed by atoms with Crippen molar-refractivity contribution < 1.29 is 9.59 Å². The molecule has 1 N–H and O–H groups in total. The number of nitrogens with zero attached hydrogens (tertiary/aromatic N) is 2. The summed E-state index contributed by atoms with van der Waals surface area (Å²) in [5.74, 6) is -0.413. The van der Waals surface area contributed by atoms with Gasteiger partial charge in [0.05, 0.1) is 23.7 Å². The van der Waals surface area contributed by atoms with E-state index in [9.17, 15) is 9.59 Å². The average molecular weight is 243 g/mol. The summed E-state index contributed by atoms with van der Waals surface area (Å²) in [4.78, 5) is 25.5. The third kappa shape index (κ3) is 1.59. The average Bonchev–Trinajstić information content (AvgIpc) is 2.88. The topological polar surface area (TPSA) is 61.8 Å². The summed E-state index contributed by atoms with van der Waals surface area (Å²) >= 11 is 0. The first-order valence-electron chi connectivity index (χ1n) is 5.90. The van der Waals surface area contributed by atoms with E-state index in [0.717, 1.165) is 12.1 Å². The molecule has 5 nitrogen and oxygen atoms in total. The molecule has 1 aromatic rings. The number of nitrogens with one attached hydrogen (secondary N) is 1. The molecular weight excluding hydrogens is 230 g/mol. The SMILES string of the molecule is CC1=NNC(CN2C(=O)c3ccccc3C2=O)C1. The lowest BCUT2D eigenvalue weighted by Gasteiger charge is -2.18. The number of imide groups is 1. The van der Waals surface area contributed by atoms with E-state index in [0.29, 0.717) is 17.7 Å². The molecule has 0 aromatic heterocycles. The zero-order chi connectivity index (χ0) is 12.7. The molecule has 3 rings (SSSR count). The third-order valence-corrected chi connectivity index (χ3v) is 3.26. The molecular formula is C13H13N3O2. The minimum absolute atomic E-state index is 0.0345. The van der Waals surface area contributed by atoms with Crippen molar-refractivity contribution in [2.45, 2.75) is 19.4 Å². The molecule has 1 aromatic carbocycles. The Balaban J connectivity index is 1.80. The van der Waals surface area contributed by atoms with Gasteiger partial charge < -0.3 is 5.43 Å². The van der Waals surface area contributed by atoms with Crippen LogP contribution in [0.1, 0.15) is 34.1 Å². The summed E-state index contributed by atoms with van der Waals surface area (Å²) in [6.45, 7) is 2.29. The van der Waals surface area contributed by atoms with E-state index in [2.05, 4.69) is 10.5 Å². The molecule has 0 saturated heterocycles. The maximum Gasteiger partial charge on any atom is 0.261 e. The first kappa shape index (κ1) is 11.0. The van der Waals surface area contributed by atoms with Crippen molar-refractivity contribution in [1.29, 1.82) is 0 Å². The van der Waals surface area contributed by atoms with Crippen molar-refractivity contribution in [2.75, 3.05) is 6.54 Å². The number of hydrogen-bond acceptors (Lipinski definition) is 4. The molecule has 0 bridgehead atoms. The smallest absolute Gasteiger partial charge is 0.261 e. The lowest BCUT2D eigenvalue weighted by molar-refractivity contribution is 0.0641. The van der Waals surface area contributed by atoms with E-state index in [1.54, 1.807) is 24.3 Å². The Morgan fingerprint density at radius 3 is 2.39 bits per heavy atom. The highest BCUT2D eigenvalue weighted by molar-refractivity contribution is 6.21. The van der Waals surface area contributed by atoms with E-state index in [1.807, 2.05) is 6.92 Å². The summed E-state index contributed by atoms with van der Waals surface area (Å²) < 4.78 is 0. The van der Waals surface area contributed by atoms with Crippen molar-refractivity contribution in [3.63, 3.8) is 0 Å². The number of carbonyl (C=O) groups is 2. The quantitative estimate of drug-likeness (QED) is 0.789. The molecule has 0 fully saturated rings. The summed E-state index contributed by atoms with van der Waals surface area (Å²) in [7, 11) is 0. The van der Waals surface area contributed by atoms with Gasteiger partial charge in [0.25, 0.3) is 11.8 Å². The first-order valence-corrected chi connectivity index (χ1v) is 5.90. The van der Waals surface area contributed by atoms with Gasteiger partial charge in [-0.3, -0.25) is 14.5 Å². The number of benzene rings is 1. The maximum atomic E-state index is 12.1. The summed E-state index contributed by atoms with van der Waals surface area (Å²) in [6.07, 6.45) is 0.771. The van der Waals surface area contributed by atoms with Gasteiger partial charge in [0.15, 0.2) is 0 Å². The van der Waals surface area contributed by atoms with Crippen LogP contribution in [0.2, 0.25) is 0 Å². The van der Waals surface area contributed by atoms with E-state index < -0.39 is 0 Å². The highest BCUT2D eigenvalue weighted by Gasteiger charge is 2.36. The van der Waals surface area contributed by atoms with Crippen LogP contribution < -0.4 is 5.43 Å². The summed E-state index contributed by atoms with van der Waals surface area (Å²) in [5, 5.41) is 4.08. The Morgan fingerprint density at radius 2 is 1.89 bits per heavy atom. The fourth-order valence-electron chi connectivity index (χ4n) is 2.38. The lowest BCUT2D eigenvalue weighted by Crippen LogP contribution is -2.40. The largest absolute Gasteiger partial charge is 0.305 e. The highest BCUT2D eigenvalue weighted by atomic mass is 16.2. The minimum atomic E-state index is -0.207. The molecule has 92 valence electrons. The van der Waals surface area contributed by atoms with Gasteiger partial charge in [-0.2, -0.15) is 5.10 Å². The Morgan fingerprint density at radius 1 is 1.28 bits per heavy atom. The van der Waals surface area contributed by atoms with Crippen LogP contribution in [0.25, 0.3) is 0 Å². The van der Waals surface area contributed by atoms with E-state index in [4.69, 9.17) is 0 Å². The molecule has 2 aliphatic heterocycles. The number of hydrazone groups is 1. The minimum Gasteiger partial charge on any atom is -0.305 e. The van der Waals surface area contributed by atoms with Crippen LogP contribution in [-0.2, 0) is 0 Å². The lowest BCUT2D eigenvalue weighted by atomic mass is 10.1. The van der Waals surface area contributed by atoms with Crippen LogP contribution in [0.15, 0.2) is 29.4 Å². The normalized spacial score (nSPS) is 21.9. The van der Waals surface area contributed by atoms with Crippen LogP contribution in [0.3, 0.4) is 0 Å². The second-order valence-corrected chi connectivity index (χ2v) is 4.64. The van der Waals surface area contributed by atoms with Crippen molar-refractivity contribution >= 4 is 17.5 Å². The fraction of sp³-hybridized carbons (Fsp3) is 0.308. The second kappa shape index (κ2) is 3.94. The number of carbonyl (C=O) groups excluding carboxylic acids is 2. The third-order valence-electron chi connectivity index (χ3n) is 3.26. The Bertz CT molecular complexity index is 530. The van der Waals surface area contributed by atoms with Gasteiger partial charge in [-0.25, -0.2) is 0 Å². The molecule has 2 aliphatic rings. The Labute approximate surface area is 104 Å². The van der Waals surface area contributed by atoms with Gasteiger partial charge in [0.1, 0.15) is 0 Å². The van der Waals surface area contributed by atoms with Gasteiger partial charge >= 0.3 is 0 Å². The molecule has 0 aliphatic carbocycles. The molecule has 0 radical (unpaired) electrons. The first-order chi connectivity index (χ1) is 8.66. The molecule has 5 heteroatoms. The van der Waals surface area contributed by atoms with Crippen molar-refractivity contribution in [3.8, 4) is 0 Å². The van der Waals surface area contributed by atoms with Crippen molar-refractivity contribution in [3.05, 3.63) is 35.4 Å². The number of amides is 2. The van der Waals surface area contributed by atoms with Crippen LogP contribution in [0.5, 0.6) is 0 Å². The number of rotatable bonds is 2. The zero-order valence-corrected chi connectivity index (χ0v) is 10.0. The van der Waals surface area contributed by atoms with Gasteiger partial charge in [0, 0.05) is 12.1 Å². The summed E-state index contributed by atoms with van der Waals surface area (Å²) in [5.41, 5.74) is 4.94. The van der Waals surface area contributed by atoms with Gasteiger partial charge in [-0.15, -0.1) is 0 Å². The van der Waals surface area contributed by atoms with E-state index >= 15 is 0 Å². The standard InChI is InChI=1S/C13H13N3O2/c1-8-6-9(15-14-8)7-16-12(17)10-4-2-3-5-11(10)13(16)18/h2-5,9,15H,6-7H2,1H3. The molecule has 2 heterocycles. The maximum absolute atomic E-state index is 12.1. The fourth-order valence-corrected chi connectivity index (χ4v) is 2.38. The molecule has 0 saturated carbocycles. The van der Waals surface area contributed by atoms with Crippen LogP contribution in [0, 0.1) is 0 Å². The molecule has 1 unspecified atom stereocenters. The van der Waals surface area contributed by atoms with Gasteiger partial charge in [-0.1, -0.05) is 12.1 Å². The predicted molar refractivity (Wildman–Crippen MR) is 66.5 cm³/mol.